The zero-order valence-electron chi connectivity index (χ0n) is 12.9. The van der Waals surface area contributed by atoms with Crippen LogP contribution in [0.2, 0.25) is 5.02 Å². The first-order valence-corrected chi connectivity index (χ1v) is 8.42. The van der Waals surface area contributed by atoms with E-state index in [1.807, 2.05) is 0 Å². The number of aromatic nitrogens is 1. The van der Waals surface area contributed by atoms with Gasteiger partial charge in [0.2, 0.25) is 0 Å². The molecule has 0 bridgehead atoms. The third-order valence-electron chi connectivity index (χ3n) is 3.48. The zero-order valence-corrected chi connectivity index (χ0v) is 14.5. The summed E-state index contributed by atoms with van der Waals surface area (Å²) in [6, 6.07) is 11.0. The summed E-state index contributed by atoms with van der Waals surface area (Å²) in [5.41, 5.74) is 1.17. The number of nitro benzene ring substituents is 1. The number of rotatable bonds is 4. The smallest absolute Gasteiger partial charge is 0.279 e. The summed E-state index contributed by atoms with van der Waals surface area (Å²) in [6.45, 7) is 4.15. The molecule has 0 aliphatic heterocycles. The van der Waals surface area contributed by atoms with Crippen LogP contribution in [-0.4, -0.2) is 15.4 Å². The molecule has 6 nitrogen and oxygen atoms in total. The average Bonchev–Trinajstić information content (AvgIpc) is 2.92. The van der Waals surface area contributed by atoms with Crippen molar-refractivity contribution in [3.05, 3.63) is 80.6 Å². The number of nitro groups is 1. The summed E-state index contributed by atoms with van der Waals surface area (Å²) >= 11 is 7.05. The SMILES string of the molecule is C=CCn1c(=NC(=O)c2ccc(Cl)cc2)sc2cc([N+](=O)[O-])ccc21. The standard InChI is InChI=1S/C17H12ClN3O3S/c1-2-9-20-14-8-7-13(21(23)24)10-15(14)25-17(20)19-16(22)11-3-5-12(18)6-4-11/h2-8,10H,1,9H2. The largest absolute Gasteiger partial charge is 0.312 e. The summed E-state index contributed by atoms with van der Waals surface area (Å²) in [7, 11) is 0. The predicted octanol–water partition coefficient (Wildman–Crippen LogP) is 4.19. The number of allylic oxidation sites excluding steroid dienone is 1. The second kappa shape index (κ2) is 7.00. The van der Waals surface area contributed by atoms with Gasteiger partial charge in [0.25, 0.3) is 11.6 Å². The molecule has 1 heterocycles. The van der Waals surface area contributed by atoms with Crippen LogP contribution in [-0.2, 0) is 6.54 Å². The van der Waals surface area contributed by atoms with E-state index in [9.17, 15) is 14.9 Å². The van der Waals surface area contributed by atoms with Gasteiger partial charge in [-0.05, 0) is 30.3 Å². The molecule has 1 aromatic heterocycles. The van der Waals surface area contributed by atoms with E-state index in [0.717, 1.165) is 5.52 Å². The van der Waals surface area contributed by atoms with Crippen molar-refractivity contribution in [2.75, 3.05) is 0 Å². The Balaban J connectivity index is 2.14. The van der Waals surface area contributed by atoms with E-state index < -0.39 is 10.8 Å². The minimum atomic E-state index is -0.452. The first-order chi connectivity index (χ1) is 12.0. The van der Waals surface area contributed by atoms with E-state index in [2.05, 4.69) is 11.6 Å². The molecule has 0 unspecified atom stereocenters. The average molecular weight is 374 g/mol. The van der Waals surface area contributed by atoms with Crippen molar-refractivity contribution >= 4 is 44.7 Å². The number of nitrogens with zero attached hydrogens (tertiary/aromatic N) is 3. The molecular formula is C17H12ClN3O3S. The van der Waals surface area contributed by atoms with Gasteiger partial charge in [0.05, 0.1) is 15.1 Å². The summed E-state index contributed by atoms with van der Waals surface area (Å²) < 4.78 is 2.48. The second-order valence-electron chi connectivity index (χ2n) is 5.12. The van der Waals surface area contributed by atoms with Crippen LogP contribution in [0.3, 0.4) is 0 Å². The number of amides is 1. The summed E-state index contributed by atoms with van der Waals surface area (Å²) in [5.74, 6) is -0.407. The Morgan fingerprint density at radius 2 is 2.04 bits per heavy atom. The molecule has 25 heavy (non-hydrogen) atoms. The lowest BCUT2D eigenvalue weighted by Crippen LogP contribution is -2.16. The first kappa shape index (κ1) is 17.1. The van der Waals surface area contributed by atoms with Crippen molar-refractivity contribution in [2.45, 2.75) is 6.54 Å². The maximum absolute atomic E-state index is 12.4. The Bertz CT molecular complexity index is 1050. The Morgan fingerprint density at radius 3 is 2.68 bits per heavy atom. The van der Waals surface area contributed by atoms with E-state index in [0.29, 0.717) is 26.6 Å². The van der Waals surface area contributed by atoms with Crippen molar-refractivity contribution in [1.82, 2.24) is 4.57 Å². The van der Waals surface area contributed by atoms with Gasteiger partial charge in [-0.1, -0.05) is 29.0 Å². The second-order valence-corrected chi connectivity index (χ2v) is 6.56. The van der Waals surface area contributed by atoms with Crippen LogP contribution in [0, 0.1) is 10.1 Å². The fourth-order valence-corrected chi connectivity index (χ4v) is 3.51. The third kappa shape index (κ3) is 3.52. The van der Waals surface area contributed by atoms with Crippen LogP contribution in [0.4, 0.5) is 5.69 Å². The van der Waals surface area contributed by atoms with Gasteiger partial charge in [-0.25, -0.2) is 0 Å². The summed E-state index contributed by atoms with van der Waals surface area (Å²) in [4.78, 5) is 27.5. The highest BCUT2D eigenvalue weighted by atomic mass is 35.5. The number of carbonyl (C=O) groups excluding carboxylic acids is 1. The lowest BCUT2D eigenvalue weighted by molar-refractivity contribution is -0.384. The third-order valence-corrected chi connectivity index (χ3v) is 4.77. The normalized spacial score (nSPS) is 11.6. The van der Waals surface area contributed by atoms with Gasteiger partial charge in [-0.3, -0.25) is 14.9 Å². The molecule has 0 radical (unpaired) electrons. The molecule has 8 heteroatoms. The molecule has 0 fully saturated rings. The molecule has 0 aliphatic carbocycles. The molecule has 0 saturated heterocycles. The highest BCUT2D eigenvalue weighted by Crippen LogP contribution is 2.23. The topological polar surface area (TPSA) is 77.5 Å². The van der Waals surface area contributed by atoms with Gasteiger partial charge in [-0.15, -0.1) is 6.58 Å². The number of carbonyl (C=O) groups is 1. The number of non-ortho nitro benzene ring substituents is 1. The molecule has 2 aromatic carbocycles. The van der Waals surface area contributed by atoms with Crippen LogP contribution in [0.15, 0.2) is 60.1 Å². The van der Waals surface area contributed by atoms with Crippen molar-refractivity contribution in [3.8, 4) is 0 Å². The van der Waals surface area contributed by atoms with E-state index in [1.165, 1.54) is 23.5 Å². The number of halogens is 1. The van der Waals surface area contributed by atoms with Crippen LogP contribution in [0.1, 0.15) is 10.4 Å². The number of benzene rings is 2. The molecule has 0 saturated carbocycles. The van der Waals surface area contributed by atoms with E-state index >= 15 is 0 Å². The minimum Gasteiger partial charge on any atom is -0.312 e. The molecule has 3 rings (SSSR count). The van der Waals surface area contributed by atoms with Crippen molar-refractivity contribution < 1.29 is 9.72 Å². The lowest BCUT2D eigenvalue weighted by atomic mass is 10.2. The van der Waals surface area contributed by atoms with Crippen LogP contribution in [0.5, 0.6) is 0 Å². The number of fused-ring (bicyclic) bond motifs is 1. The van der Waals surface area contributed by atoms with Gasteiger partial charge >= 0.3 is 0 Å². The van der Waals surface area contributed by atoms with Gasteiger partial charge in [0.15, 0.2) is 4.80 Å². The Morgan fingerprint density at radius 1 is 1.32 bits per heavy atom. The van der Waals surface area contributed by atoms with Crippen LogP contribution >= 0.6 is 22.9 Å². The summed E-state index contributed by atoms with van der Waals surface area (Å²) in [6.07, 6.45) is 1.68. The van der Waals surface area contributed by atoms with E-state index in [4.69, 9.17) is 11.6 Å². The fraction of sp³-hybridized carbons (Fsp3) is 0.0588. The molecule has 0 aliphatic rings. The van der Waals surface area contributed by atoms with Crippen molar-refractivity contribution in [1.29, 1.82) is 0 Å². The number of thiazole rings is 1. The monoisotopic (exact) mass is 373 g/mol. The lowest BCUT2D eigenvalue weighted by Gasteiger charge is -2.01. The van der Waals surface area contributed by atoms with Crippen molar-refractivity contribution in [3.63, 3.8) is 0 Å². The quantitative estimate of drug-likeness (QED) is 0.391. The minimum absolute atomic E-state index is 0.00455. The summed E-state index contributed by atoms with van der Waals surface area (Å²) in [5, 5.41) is 11.5. The molecular weight excluding hydrogens is 362 g/mol. The molecule has 0 spiro atoms. The van der Waals surface area contributed by atoms with Gasteiger partial charge in [0, 0.05) is 29.3 Å². The predicted molar refractivity (Wildman–Crippen MR) is 98.0 cm³/mol. The maximum atomic E-state index is 12.4. The molecule has 126 valence electrons. The van der Waals surface area contributed by atoms with Gasteiger partial charge in [-0.2, -0.15) is 4.99 Å². The van der Waals surface area contributed by atoms with E-state index in [-0.39, 0.29) is 5.69 Å². The Kier molecular flexibility index (Phi) is 4.78. The van der Waals surface area contributed by atoms with Crippen LogP contribution < -0.4 is 4.80 Å². The fourth-order valence-electron chi connectivity index (χ4n) is 2.31. The Hall–Kier alpha value is -2.77. The highest BCUT2D eigenvalue weighted by Gasteiger charge is 2.12. The van der Waals surface area contributed by atoms with Gasteiger partial charge < -0.3 is 4.57 Å². The van der Waals surface area contributed by atoms with Crippen LogP contribution in [0.25, 0.3) is 10.2 Å². The Labute approximate surface area is 151 Å². The zero-order chi connectivity index (χ0) is 18.0. The highest BCUT2D eigenvalue weighted by molar-refractivity contribution is 7.16. The molecule has 0 N–H and O–H groups in total. The van der Waals surface area contributed by atoms with Gasteiger partial charge in [0.1, 0.15) is 0 Å². The van der Waals surface area contributed by atoms with Crippen molar-refractivity contribution in [2.24, 2.45) is 4.99 Å². The number of hydrogen-bond acceptors (Lipinski definition) is 4. The molecule has 1 amide bonds. The van der Waals surface area contributed by atoms with E-state index in [1.54, 1.807) is 41.0 Å². The molecule has 3 aromatic rings. The maximum Gasteiger partial charge on any atom is 0.279 e. The molecule has 0 atom stereocenters. The number of hydrogen-bond donors (Lipinski definition) is 0. The first-order valence-electron chi connectivity index (χ1n) is 7.23.